The van der Waals surface area contributed by atoms with E-state index in [0.717, 1.165) is 12.1 Å². The SMILES string of the molecule is CC(=O)c1ccc(OC(C)C(=O)Nc2cccc(C(=O)Nc3cccc(C(F)(F)F)c3)c2)cc1. The molecule has 0 heterocycles. The van der Waals surface area contributed by atoms with Crippen molar-refractivity contribution in [3.8, 4) is 5.75 Å². The molecule has 0 aliphatic carbocycles. The summed E-state index contributed by atoms with van der Waals surface area (Å²) >= 11 is 0. The van der Waals surface area contributed by atoms with E-state index in [1.54, 1.807) is 37.3 Å². The number of nitrogens with one attached hydrogen (secondary N) is 2. The van der Waals surface area contributed by atoms with Crippen molar-refractivity contribution in [2.24, 2.45) is 0 Å². The molecule has 2 N–H and O–H groups in total. The summed E-state index contributed by atoms with van der Waals surface area (Å²) in [7, 11) is 0. The molecule has 0 radical (unpaired) electrons. The van der Waals surface area contributed by atoms with Crippen molar-refractivity contribution in [2.45, 2.75) is 26.1 Å². The minimum Gasteiger partial charge on any atom is -0.481 e. The van der Waals surface area contributed by atoms with E-state index in [1.807, 2.05) is 0 Å². The zero-order valence-electron chi connectivity index (χ0n) is 18.3. The van der Waals surface area contributed by atoms with Crippen molar-refractivity contribution in [1.29, 1.82) is 0 Å². The van der Waals surface area contributed by atoms with Crippen molar-refractivity contribution in [2.75, 3.05) is 10.6 Å². The summed E-state index contributed by atoms with van der Waals surface area (Å²) in [5, 5.41) is 5.05. The van der Waals surface area contributed by atoms with Crippen LogP contribution in [-0.4, -0.2) is 23.7 Å². The molecule has 3 aromatic carbocycles. The zero-order chi connectivity index (χ0) is 24.9. The van der Waals surface area contributed by atoms with Crippen LogP contribution in [0.3, 0.4) is 0 Å². The Morgan fingerprint density at radius 3 is 2.06 bits per heavy atom. The van der Waals surface area contributed by atoms with Crippen LogP contribution < -0.4 is 15.4 Å². The lowest BCUT2D eigenvalue weighted by molar-refractivity contribution is -0.137. The molecule has 0 aliphatic heterocycles. The number of anilines is 2. The number of ketones is 1. The number of carbonyl (C=O) groups is 3. The second-order valence-corrected chi connectivity index (χ2v) is 7.44. The Kier molecular flexibility index (Phi) is 7.35. The molecule has 1 unspecified atom stereocenters. The second kappa shape index (κ2) is 10.2. The third-order valence-electron chi connectivity index (χ3n) is 4.78. The van der Waals surface area contributed by atoms with E-state index >= 15 is 0 Å². The average molecular weight is 470 g/mol. The summed E-state index contributed by atoms with van der Waals surface area (Å²) in [6.07, 6.45) is -5.41. The number of benzene rings is 3. The van der Waals surface area contributed by atoms with E-state index in [-0.39, 0.29) is 17.0 Å². The third-order valence-corrected chi connectivity index (χ3v) is 4.78. The summed E-state index contributed by atoms with van der Waals surface area (Å²) in [4.78, 5) is 36.4. The maximum absolute atomic E-state index is 12.9. The topological polar surface area (TPSA) is 84.5 Å². The standard InChI is InChI=1S/C25H21F3N2O4/c1-15(31)17-9-11-22(12-10-17)34-16(2)23(32)29-20-7-3-5-18(13-20)24(33)30-21-8-4-6-19(14-21)25(26,27)28/h3-14,16H,1-2H3,(H,29,32)(H,30,33). The van der Waals surface area contributed by atoms with Gasteiger partial charge in [0.2, 0.25) is 0 Å². The second-order valence-electron chi connectivity index (χ2n) is 7.44. The van der Waals surface area contributed by atoms with Gasteiger partial charge in [0.25, 0.3) is 11.8 Å². The molecule has 3 rings (SSSR count). The van der Waals surface area contributed by atoms with Crippen LogP contribution in [0.1, 0.15) is 40.1 Å². The lowest BCUT2D eigenvalue weighted by Gasteiger charge is -2.15. The van der Waals surface area contributed by atoms with Crippen LogP contribution in [0.2, 0.25) is 0 Å². The van der Waals surface area contributed by atoms with Gasteiger partial charge in [-0.3, -0.25) is 14.4 Å². The predicted molar refractivity (Wildman–Crippen MR) is 121 cm³/mol. The first-order valence-electron chi connectivity index (χ1n) is 10.2. The number of hydrogen-bond donors (Lipinski definition) is 2. The molecule has 0 aliphatic rings. The summed E-state index contributed by atoms with van der Waals surface area (Å²) in [6, 6.07) is 16.6. The molecule has 176 valence electrons. The molecular formula is C25H21F3N2O4. The fourth-order valence-electron chi connectivity index (χ4n) is 2.98. The van der Waals surface area contributed by atoms with Gasteiger partial charge in [-0.2, -0.15) is 13.2 Å². The van der Waals surface area contributed by atoms with Crippen LogP contribution >= 0.6 is 0 Å². The van der Waals surface area contributed by atoms with Gasteiger partial charge in [0, 0.05) is 22.5 Å². The minimum atomic E-state index is -4.53. The van der Waals surface area contributed by atoms with Gasteiger partial charge in [-0.25, -0.2) is 0 Å². The van der Waals surface area contributed by atoms with Crippen molar-refractivity contribution in [3.05, 3.63) is 89.5 Å². The van der Waals surface area contributed by atoms with Crippen LogP contribution in [0, 0.1) is 0 Å². The number of amides is 2. The van der Waals surface area contributed by atoms with E-state index < -0.39 is 29.7 Å². The Morgan fingerprint density at radius 1 is 0.824 bits per heavy atom. The Bertz CT molecular complexity index is 1210. The predicted octanol–water partition coefficient (Wildman–Crippen LogP) is 5.57. The van der Waals surface area contributed by atoms with Crippen molar-refractivity contribution in [3.63, 3.8) is 0 Å². The van der Waals surface area contributed by atoms with Gasteiger partial charge in [-0.1, -0.05) is 12.1 Å². The average Bonchev–Trinajstić information content (AvgIpc) is 2.79. The highest BCUT2D eigenvalue weighted by Crippen LogP contribution is 2.30. The first kappa shape index (κ1) is 24.5. The van der Waals surface area contributed by atoms with Crippen molar-refractivity contribution < 1.29 is 32.3 Å². The minimum absolute atomic E-state index is 0.00734. The molecule has 3 aromatic rings. The number of Topliss-reactive ketones (excluding diaryl/α,β-unsaturated/α-hetero) is 1. The van der Waals surface area contributed by atoms with Crippen LogP contribution in [-0.2, 0) is 11.0 Å². The zero-order valence-corrected chi connectivity index (χ0v) is 18.3. The van der Waals surface area contributed by atoms with Gasteiger partial charge >= 0.3 is 6.18 Å². The lowest BCUT2D eigenvalue weighted by Crippen LogP contribution is -2.30. The van der Waals surface area contributed by atoms with Crippen LogP contribution in [0.5, 0.6) is 5.75 Å². The third kappa shape index (κ3) is 6.44. The van der Waals surface area contributed by atoms with E-state index in [4.69, 9.17) is 4.74 Å². The lowest BCUT2D eigenvalue weighted by atomic mass is 10.1. The number of alkyl halides is 3. The summed E-state index contributed by atoms with van der Waals surface area (Å²) in [6.45, 7) is 2.98. The highest BCUT2D eigenvalue weighted by molar-refractivity contribution is 6.05. The first-order valence-corrected chi connectivity index (χ1v) is 10.2. The maximum atomic E-state index is 12.9. The molecule has 0 fully saturated rings. The van der Waals surface area contributed by atoms with E-state index in [0.29, 0.717) is 17.0 Å². The largest absolute Gasteiger partial charge is 0.481 e. The molecule has 34 heavy (non-hydrogen) atoms. The van der Waals surface area contributed by atoms with Crippen LogP contribution in [0.25, 0.3) is 0 Å². The molecule has 6 nitrogen and oxygen atoms in total. The normalized spacial score (nSPS) is 11.9. The Morgan fingerprint density at radius 2 is 1.44 bits per heavy atom. The molecule has 0 bridgehead atoms. The fraction of sp³-hybridized carbons (Fsp3) is 0.160. The molecule has 9 heteroatoms. The number of hydrogen-bond acceptors (Lipinski definition) is 4. The van der Waals surface area contributed by atoms with E-state index in [1.165, 1.54) is 37.3 Å². The first-order chi connectivity index (χ1) is 16.0. The van der Waals surface area contributed by atoms with Gasteiger partial charge < -0.3 is 15.4 Å². The van der Waals surface area contributed by atoms with Gasteiger partial charge in [0.15, 0.2) is 11.9 Å². The number of rotatable bonds is 7. The summed E-state index contributed by atoms with van der Waals surface area (Å²) < 4.78 is 44.2. The van der Waals surface area contributed by atoms with Crippen LogP contribution in [0.4, 0.5) is 24.5 Å². The van der Waals surface area contributed by atoms with Gasteiger partial charge in [-0.15, -0.1) is 0 Å². The Balaban J connectivity index is 1.63. The Labute approximate surface area is 193 Å². The molecule has 0 saturated heterocycles. The number of carbonyl (C=O) groups excluding carboxylic acids is 3. The smallest absolute Gasteiger partial charge is 0.416 e. The quantitative estimate of drug-likeness (QED) is 0.443. The Hall–Kier alpha value is -4.14. The maximum Gasteiger partial charge on any atom is 0.416 e. The number of halogens is 3. The van der Waals surface area contributed by atoms with Crippen molar-refractivity contribution >= 4 is 29.0 Å². The molecule has 0 aromatic heterocycles. The van der Waals surface area contributed by atoms with Crippen LogP contribution in [0.15, 0.2) is 72.8 Å². The van der Waals surface area contributed by atoms with E-state index in [2.05, 4.69) is 10.6 Å². The molecule has 1 atom stereocenters. The summed E-state index contributed by atoms with van der Waals surface area (Å²) in [5.74, 6) is -0.799. The highest BCUT2D eigenvalue weighted by Gasteiger charge is 2.30. The summed E-state index contributed by atoms with van der Waals surface area (Å²) in [5.41, 5.74) is 0.0840. The molecule has 0 spiro atoms. The van der Waals surface area contributed by atoms with Gasteiger partial charge in [0.05, 0.1) is 5.56 Å². The number of ether oxygens (including phenoxy) is 1. The van der Waals surface area contributed by atoms with E-state index in [9.17, 15) is 27.6 Å². The fourth-order valence-corrected chi connectivity index (χ4v) is 2.98. The van der Waals surface area contributed by atoms with Gasteiger partial charge in [-0.05, 0) is 74.5 Å². The monoisotopic (exact) mass is 470 g/mol. The highest BCUT2D eigenvalue weighted by atomic mass is 19.4. The van der Waals surface area contributed by atoms with Crippen molar-refractivity contribution in [1.82, 2.24) is 0 Å². The molecular weight excluding hydrogens is 449 g/mol. The molecule has 0 saturated carbocycles. The molecule has 2 amide bonds. The van der Waals surface area contributed by atoms with Gasteiger partial charge in [0.1, 0.15) is 5.75 Å².